The number of aromatic nitrogens is 1. The third-order valence-electron chi connectivity index (χ3n) is 6.91. The Bertz CT molecular complexity index is 817. The molecule has 0 unspecified atom stereocenters. The summed E-state index contributed by atoms with van der Waals surface area (Å²) in [6.45, 7) is 10.7. The van der Waals surface area contributed by atoms with Gasteiger partial charge in [0.05, 0.1) is 0 Å². The van der Waals surface area contributed by atoms with Crippen molar-refractivity contribution in [2.75, 3.05) is 69.2 Å². The number of carbonyl (C=O) groups is 1. The topological polar surface area (TPSA) is 81.3 Å². The third-order valence-corrected chi connectivity index (χ3v) is 6.91. The van der Waals surface area contributed by atoms with Crippen molar-refractivity contribution in [3.8, 4) is 0 Å². The first-order chi connectivity index (χ1) is 15.1. The molecule has 8 heteroatoms. The van der Waals surface area contributed by atoms with Gasteiger partial charge in [0, 0.05) is 77.2 Å². The van der Waals surface area contributed by atoms with E-state index < -0.39 is 0 Å². The zero-order chi connectivity index (χ0) is 21.8. The van der Waals surface area contributed by atoms with Crippen LogP contribution in [0.2, 0.25) is 0 Å². The first-order valence-corrected chi connectivity index (χ1v) is 11.5. The van der Waals surface area contributed by atoms with Crippen molar-refractivity contribution in [1.29, 1.82) is 0 Å². The van der Waals surface area contributed by atoms with Crippen LogP contribution in [0.25, 0.3) is 0 Å². The van der Waals surface area contributed by atoms with Gasteiger partial charge in [0.25, 0.3) is 0 Å². The first-order valence-electron chi connectivity index (χ1n) is 11.5. The number of amides is 1. The number of nitrogens with zero attached hydrogens (tertiary/aromatic N) is 6. The number of hydrogen-bond donors (Lipinski definition) is 1. The average Bonchev–Trinajstić information content (AvgIpc) is 3.38. The fraction of sp³-hybridized carbons (Fsp3) is 0.609. The molecular formula is C23H35N7O. The lowest BCUT2D eigenvalue weighted by molar-refractivity contribution is -0.126. The molecule has 0 atom stereocenters. The molecule has 4 rings (SSSR count). The normalized spacial score (nSPS) is 21.6. The minimum absolute atomic E-state index is 0.00162. The minimum atomic E-state index is -0.00162. The van der Waals surface area contributed by atoms with Gasteiger partial charge in [0.15, 0.2) is 0 Å². The number of amidine groups is 1. The van der Waals surface area contributed by atoms with Gasteiger partial charge in [0.2, 0.25) is 5.91 Å². The smallest absolute Gasteiger partial charge is 0.246 e. The van der Waals surface area contributed by atoms with Crippen molar-refractivity contribution in [3.05, 3.63) is 30.5 Å². The van der Waals surface area contributed by atoms with E-state index in [1.54, 1.807) is 7.05 Å². The molecule has 31 heavy (non-hydrogen) atoms. The van der Waals surface area contributed by atoms with E-state index in [0.717, 1.165) is 62.5 Å². The first kappa shape index (κ1) is 21.6. The van der Waals surface area contributed by atoms with Gasteiger partial charge >= 0.3 is 0 Å². The number of pyridine rings is 1. The second-order valence-electron chi connectivity index (χ2n) is 8.66. The van der Waals surface area contributed by atoms with Gasteiger partial charge in [-0.15, -0.1) is 0 Å². The molecule has 8 nitrogen and oxygen atoms in total. The zero-order valence-corrected chi connectivity index (χ0v) is 18.7. The van der Waals surface area contributed by atoms with Crippen LogP contribution in [0, 0.1) is 0 Å². The van der Waals surface area contributed by atoms with Crippen LogP contribution in [-0.2, 0) is 4.79 Å². The van der Waals surface area contributed by atoms with Gasteiger partial charge < -0.3 is 20.4 Å². The maximum absolute atomic E-state index is 11.9. The predicted molar refractivity (Wildman–Crippen MR) is 126 cm³/mol. The summed E-state index contributed by atoms with van der Waals surface area (Å²) in [6.07, 6.45) is 6.84. The molecule has 0 radical (unpaired) electrons. The average molecular weight is 426 g/mol. The van der Waals surface area contributed by atoms with Crippen molar-refractivity contribution in [2.45, 2.75) is 31.7 Å². The number of aliphatic imine (C=N–C) groups is 1. The molecule has 0 bridgehead atoms. The summed E-state index contributed by atoms with van der Waals surface area (Å²) in [6, 6.07) is 4.96. The molecule has 0 aromatic carbocycles. The molecule has 1 saturated carbocycles. The van der Waals surface area contributed by atoms with Gasteiger partial charge in [-0.1, -0.05) is 19.4 Å². The second kappa shape index (κ2) is 9.68. The molecular weight excluding hydrogens is 390 g/mol. The summed E-state index contributed by atoms with van der Waals surface area (Å²) in [5.74, 6) is 1.42. The molecule has 1 aromatic heterocycles. The second-order valence-corrected chi connectivity index (χ2v) is 8.66. The van der Waals surface area contributed by atoms with Crippen LogP contribution in [0.3, 0.4) is 0 Å². The molecule has 2 saturated heterocycles. The summed E-state index contributed by atoms with van der Waals surface area (Å²) < 4.78 is 0. The maximum atomic E-state index is 11.9. The summed E-state index contributed by atoms with van der Waals surface area (Å²) >= 11 is 0. The van der Waals surface area contributed by atoms with Crippen LogP contribution in [-0.4, -0.2) is 92.0 Å². The Labute approximate surface area is 185 Å². The van der Waals surface area contributed by atoms with E-state index in [1.165, 1.54) is 31.8 Å². The van der Waals surface area contributed by atoms with Crippen molar-refractivity contribution in [2.24, 2.45) is 10.7 Å². The third kappa shape index (κ3) is 4.84. The zero-order valence-electron chi connectivity index (χ0n) is 18.7. The highest BCUT2D eigenvalue weighted by atomic mass is 16.2. The highest BCUT2D eigenvalue weighted by Crippen LogP contribution is 2.27. The summed E-state index contributed by atoms with van der Waals surface area (Å²) in [5, 5.41) is 0. The van der Waals surface area contributed by atoms with Crippen molar-refractivity contribution in [1.82, 2.24) is 14.8 Å². The molecule has 2 N–H and O–H groups in total. The van der Waals surface area contributed by atoms with Crippen LogP contribution >= 0.6 is 0 Å². The number of hydrogen-bond acceptors (Lipinski definition) is 6. The number of anilines is 2. The number of piperazine rings is 2. The lowest BCUT2D eigenvalue weighted by atomic mass is 10.1. The van der Waals surface area contributed by atoms with Gasteiger partial charge in [-0.25, -0.2) is 4.98 Å². The lowest BCUT2D eigenvalue weighted by Crippen LogP contribution is -2.50. The lowest BCUT2D eigenvalue weighted by Gasteiger charge is -2.39. The Hall–Kier alpha value is -2.61. The Morgan fingerprint density at radius 2 is 1.71 bits per heavy atom. The van der Waals surface area contributed by atoms with Gasteiger partial charge in [-0.2, -0.15) is 0 Å². The highest BCUT2D eigenvalue weighted by molar-refractivity contribution is 5.97. The van der Waals surface area contributed by atoms with E-state index >= 15 is 0 Å². The molecule has 0 spiro atoms. The highest BCUT2D eigenvalue weighted by Gasteiger charge is 2.27. The van der Waals surface area contributed by atoms with Gasteiger partial charge in [0.1, 0.15) is 17.3 Å². The molecule has 168 valence electrons. The van der Waals surface area contributed by atoms with E-state index in [1.807, 2.05) is 11.0 Å². The molecule has 1 aromatic rings. The fourth-order valence-corrected chi connectivity index (χ4v) is 4.99. The quantitative estimate of drug-likeness (QED) is 0.435. The standard InChI is InChI=1S/C23H35N7O/c1-3-22(31)30-14-10-28(11-15-30)19-16-20(23(24)25-2)26-21(17-19)29-12-8-27(9-13-29)18-6-4-5-7-18/h3,16-18H,1,4-15H2,2H3,(H2,24,25). The molecule has 3 heterocycles. The predicted octanol–water partition coefficient (Wildman–Crippen LogP) is 1.32. The maximum Gasteiger partial charge on any atom is 0.246 e. The molecule has 2 aliphatic heterocycles. The van der Waals surface area contributed by atoms with Crippen LogP contribution in [0.15, 0.2) is 29.8 Å². The van der Waals surface area contributed by atoms with Crippen molar-refractivity contribution >= 4 is 23.2 Å². The van der Waals surface area contributed by atoms with Crippen LogP contribution in [0.4, 0.5) is 11.5 Å². The summed E-state index contributed by atoms with van der Waals surface area (Å²) in [5.41, 5.74) is 7.97. The molecule has 1 amide bonds. The van der Waals surface area contributed by atoms with Crippen molar-refractivity contribution < 1.29 is 4.79 Å². The monoisotopic (exact) mass is 425 g/mol. The number of rotatable bonds is 5. The van der Waals surface area contributed by atoms with Gasteiger partial charge in [-0.3, -0.25) is 14.7 Å². The largest absolute Gasteiger partial charge is 0.382 e. The van der Waals surface area contributed by atoms with E-state index in [9.17, 15) is 4.79 Å². The van der Waals surface area contributed by atoms with E-state index in [4.69, 9.17) is 10.7 Å². The number of carbonyl (C=O) groups excluding carboxylic acids is 1. The Kier molecular flexibility index (Phi) is 6.75. The fourth-order valence-electron chi connectivity index (χ4n) is 4.99. The van der Waals surface area contributed by atoms with Crippen LogP contribution in [0.5, 0.6) is 0 Å². The SMILES string of the molecule is C=CC(=O)N1CCN(c2cc(C(N)=NC)nc(N3CCN(C4CCCC4)CC3)c2)CC1. The van der Waals surface area contributed by atoms with Crippen LogP contribution in [0.1, 0.15) is 31.4 Å². The van der Waals surface area contributed by atoms with Gasteiger partial charge in [-0.05, 0) is 25.0 Å². The molecule has 3 fully saturated rings. The molecule has 1 aliphatic carbocycles. The Balaban J connectivity index is 1.49. The number of nitrogens with two attached hydrogens (primary N) is 1. The summed E-state index contributed by atoms with van der Waals surface area (Å²) in [4.78, 5) is 30.1. The summed E-state index contributed by atoms with van der Waals surface area (Å²) in [7, 11) is 1.70. The van der Waals surface area contributed by atoms with E-state index in [-0.39, 0.29) is 5.91 Å². The Morgan fingerprint density at radius 1 is 1.06 bits per heavy atom. The minimum Gasteiger partial charge on any atom is -0.382 e. The van der Waals surface area contributed by atoms with E-state index in [2.05, 4.69) is 32.3 Å². The van der Waals surface area contributed by atoms with Crippen LogP contribution < -0.4 is 15.5 Å². The van der Waals surface area contributed by atoms with E-state index in [0.29, 0.717) is 18.9 Å². The molecule has 3 aliphatic rings. The van der Waals surface area contributed by atoms with Crippen molar-refractivity contribution in [3.63, 3.8) is 0 Å². The Morgan fingerprint density at radius 3 is 2.32 bits per heavy atom.